The van der Waals surface area contributed by atoms with Gasteiger partial charge in [0.15, 0.2) is 5.03 Å². The van der Waals surface area contributed by atoms with Crippen molar-refractivity contribution in [2.75, 3.05) is 11.9 Å². The van der Waals surface area contributed by atoms with E-state index >= 15 is 0 Å². The molecular formula is C13H13ClN4O2S. The molecule has 0 aliphatic heterocycles. The highest BCUT2D eigenvalue weighted by molar-refractivity contribution is 7.99. The van der Waals surface area contributed by atoms with Gasteiger partial charge in [0.1, 0.15) is 5.69 Å². The third kappa shape index (κ3) is 3.62. The van der Waals surface area contributed by atoms with Crippen molar-refractivity contribution in [3.63, 3.8) is 0 Å². The zero-order chi connectivity index (χ0) is 15.4. The lowest BCUT2D eigenvalue weighted by Gasteiger charge is -2.08. The molecule has 0 amide bonds. The van der Waals surface area contributed by atoms with E-state index in [9.17, 15) is 10.1 Å². The Bertz CT molecular complexity index is 681. The maximum atomic E-state index is 11.2. The van der Waals surface area contributed by atoms with Crippen molar-refractivity contribution in [3.8, 4) is 0 Å². The number of nitrogens with one attached hydrogen (secondary N) is 1. The quantitative estimate of drug-likeness (QED) is 0.510. The van der Waals surface area contributed by atoms with Crippen LogP contribution in [0.15, 0.2) is 34.2 Å². The average molecular weight is 325 g/mol. The fourth-order valence-electron chi connectivity index (χ4n) is 1.69. The molecule has 0 bridgehead atoms. The van der Waals surface area contributed by atoms with Crippen LogP contribution in [0.2, 0.25) is 5.02 Å². The maximum Gasteiger partial charge on any atom is 0.322 e. The van der Waals surface area contributed by atoms with E-state index in [4.69, 9.17) is 11.6 Å². The Morgan fingerprint density at radius 3 is 2.71 bits per heavy atom. The van der Waals surface area contributed by atoms with E-state index in [0.29, 0.717) is 28.1 Å². The van der Waals surface area contributed by atoms with Gasteiger partial charge in [0.2, 0.25) is 5.95 Å². The highest BCUT2D eigenvalue weighted by Gasteiger charge is 2.23. The average Bonchev–Trinajstić information content (AvgIpc) is 2.41. The summed E-state index contributed by atoms with van der Waals surface area (Å²) in [5.41, 5.74) is 0.224. The van der Waals surface area contributed by atoms with E-state index in [1.807, 2.05) is 13.0 Å². The number of aryl methyl sites for hydroxylation is 1. The summed E-state index contributed by atoms with van der Waals surface area (Å²) in [4.78, 5) is 19.8. The van der Waals surface area contributed by atoms with Crippen molar-refractivity contribution in [3.05, 3.63) is 45.1 Å². The first kappa shape index (κ1) is 15.5. The van der Waals surface area contributed by atoms with Gasteiger partial charge in [0.05, 0.1) is 9.95 Å². The zero-order valence-electron chi connectivity index (χ0n) is 11.5. The van der Waals surface area contributed by atoms with E-state index < -0.39 is 4.92 Å². The lowest BCUT2D eigenvalue weighted by Crippen LogP contribution is -2.07. The first-order valence-electron chi connectivity index (χ1n) is 6.22. The number of nitro groups is 1. The molecule has 0 unspecified atom stereocenters. The molecule has 0 aliphatic carbocycles. The largest absolute Gasteiger partial charge is 0.354 e. The summed E-state index contributed by atoms with van der Waals surface area (Å²) in [5.74, 6) is 0.371. The molecule has 6 nitrogen and oxygen atoms in total. The van der Waals surface area contributed by atoms with Gasteiger partial charge < -0.3 is 5.32 Å². The van der Waals surface area contributed by atoms with E-state index in [-0.39, 0.29) is 10.7 Å². The van der Waals surface area contributed by atoms with Crippen LogP contribution in [-0.2, 0) is 0 Å². The smallest absolute Gasteiger partial charge is 0.322 e. The van der Waals surface area contributed by atoms with Crippen LogP contribution in [0.4, 0.5) is 11.6 Å². The molecule has 0 radical (unpaired) electrons. The van der Waals surface area contributed by atoms with E-state index in [1.165, 1.54) is 0 Å². The molecule has 21 heavy (non-hydrogen) atoms. The van der Waals surface area contributed by atoms with Crippen molar-refractivity contribution in [2.45, 2.75) is 23.8 Å². The molecule has 2 aromatic rings. The molecule has 1 aromatic carbocycles. The van der Waals surface area contributed by atoms with Crippen LogP contribution in [0, 0.1) is 17.0 Å². The molecule has 0 aliphatic rings. The first-order chi connectivity index (χ1) is 10.0. The molecule has 1 heterocycles. The van der Waals surface area contributed by atoms with Gasteiger partial charge >= 0.3 is 5.69 Å². The van der Waals surface area contributed by atoms with Gasteiger partial charge in [-0.2, -0.15) is 4.98 Å². The predicted molar refractivity (Wildman–Crippen MR) is 83.2 cm³/mol. The Balaban J connectivity index is 2.49. The van der Waals surface area contributed by atoms with Crippen LogP contribution in [-0.4, -0.2) is 21.4 Å². The highest BCUT2D eigenvalue weighted by Crippen LogP contribution is 2.38. The van der Waals surface area contributed by atoms with Gasteiger partial charge in [0.25, 0.3) is 0 Å². The molecule has 0 fully saturated rings. The van der Waals surface area contributed by atoms with E-state index in [1.54, 1.807) is 25.1 Å². The molecule has 0 atom stereocenters. The first-order valence-corrected chi connectivity index (χ1v) is 7.41. The third-order valence-electron chi connectivity index (χ3n) is 2.59. The van der Waals surface area contributed by atoms with Gasteiger partial charge in [-0.25, -0.2) is 4.98 Å². The van der Waals surface area contributed by atoms with Crippen molar-refractivity contribution in [2.24, 2.45) is 0 Å². The fourth-order valence-corrected chi connectivity index (χ4v) is 2.91. The topological polar surface area (TPSA) is 81.0 Å². The monoisotopic (exact) mass is 324 g/mol. The van der Waals surface area contributed by atoms with Gasteiger partial charge in [-0.15, -0.1) is 0 Å². The lowest BCUT2D eigenvalue weighted by atomic mass is 10.4. The van der Waals surface area contributed by atoms with Crippen molar-refractivity contribution < 1.29 is 4.92 Å². The summed E-state index contributed by atoms with van der Waals surface area (Å²) < 4.78 is 0. The highest BCUT2D eigenvalue weighted by atomic mass is 35.5. The number of hydrogen-bond donors (Lipinski definition) is 1. The third-order valence-corrected chi connectivity index (χ3v) is 4.08. The Kier molecular flexibility index (Phi) is 4.98. The molecule has 1 N–H and O–H groups in total. The Morgan fingerprint density at radius 2 is 2.10 bits per heavy atom. The minimum atomic E-state index is -0.468. The Labute approximate surface area is 131 Å². The second-order valence-electron chi connectivity index (χ2n) is 4.11. The molecule has 0 saturated carbocycles. The number of halogens is 1. The van der Waals surface area contributed by atoms with Crippen LogP contribution >= 0.6 is 23.4 Å². The second kappa shape index (κ2) is 6.73. The number of nitrogens with zero attached hydrogens (tertiary/aromatic N) is 3. The van der Waals surface area contributed by atoms with E-state index in [2.05, 4.69) is 15.3 Å². The van der Waals surface area contributed by atoms with Crippen LogP contribution in [0.3, 0.4) is 0 Å². The van der Waals surface area contributed by atoms with Crippen LogP contribution in [0.25, 0.3) is 0 Å². The minimum Gasteiger partial charge on any atom is -0.354 e. The molecule has 8 heteroatoms. The van der Waals surface area contributed by atoms with Crippen LogP contribution < -0.4 is 5.32 Å². The van der Waals surface area contributed by atoms with Crippen molar-refractivity contribution >= 4 is 35.0 Å². The number of aromatic nitrogens is 2. The number of hydrogen-bond acceptors (Lipinski definition) is 6. The zero-order valence-corrected chi connectivity index (χ0v) is 13.0. The second-order valence-corrected chi connectivity index (χ2v) is 5.54. The van der Waals surface area contributed by atoms with Crippen LogP contribution in [0.1, 0.15) is 12.6 Å². The summed E-state index contributed by atoms with van der Waals surface area (Å²) >= 11 is 7.26. The maximum absolute atomic E-state index is 11.2. The summed E-state index contributed by atoms with van der Waals surface area (Å²) in [7, 11) is 0. The van der Waals surface area contributed by atoms with Crippen LogP contribution in [0.5, 0.6) is 0 Å². The summed E-state index contributed by atoms with van der Waals surface area (Å²) in [6.45, 7) is 4.13. The number of benzene rings is 1. The minimum absolute atomic E-state index is 0.0958. The predicted octanol–water partition coefficient (Wildman–Crippen LogP) is 3.93. The molecular weight excluding hydrogens is 312 g/mol. The van der Waals surface area contributed by atoms with Gasteiger partial charge in [-0.1, -0.05) is 35.5 Å². The standard InChI is InChI=1S/C13H13ClN4O2S/c1-3-15-13-16-8(2)11(18(19)20)12(17-13)21-10-7-5-4-6-9(10)14/h4-7H,3H2,1-2H3,(H,15,16,17). The van der Waals surface area contributed by atoms with Gasteiger partial charge in [0, 0.05) is 11.4 Å². The molecule has 1 aromatic heterocycles. The normalized spacial score (nSPS) is 10.4. The fraction of sp³-hybridized carbons (Fsp3) is 0.231. The molecule has 0 spiro atoms. The molecule has 0 saturated heterocycles. The molecule has 2 rings (SSSR count). The van der Waals surface area contributed by atoms with E-state index in [0.717, 1.165) is 11.8 Å². The Morgan fingerprint density at radius 1 is 1.38 bits per heavy atom. The number of rotatable bonds is 5. The lowest BCUT2D eigenvalue weighted by molar-refractivity contribution is -0.389. The molecule has 110 valence electrons. The summed E-state index contributed by atoms with van der Waals surface area (Å²) in [6, 6.07) is 7.14. The number of anilines is 1. The SMILES string of the molecule is CCNc1nc(C)c([N+](=O)[O-])c(Sc2ccccc2Cl)n1. The summed E-state index contributed by atoms with van der Waals surface area (Å²) in [6.07, 6.45) is 0. The van der Waals surface area contributed by atoms with Gasteiger partial charge in [-0.05, 0) is 26.0 Å². The Hall–Kier alpha value is -1.86. The summed E-state index contributed by atoms with van der Waals surface area (Å²) in [5, 5.41) is 15.0. The van der Waals surface area contributed by atoms with Crippen molar-refractivity contribution in [1.29, 1.82) is 0 Å². The van der Waals surface area contributed by atoms with Gasteiger partial charge in [-0.3, -0.25) is 10.1 Å². The van der Waals surface area contributed by atoms with Crippen molar-refractivity contribution in [1.82, 2.24) is 9.97 Å².